The molecule has 2 aromatic carbocycles. The van der Waals surface area contributed by atoms with E-state index in [0.717, 1.165) is 6.42 Å². The second-order valence-corrected chi connectivity index (χ2v) is 8.29. The van der Waals surface area contributed by atoms with Gasteiger partial charge in [-0.05, 0) is 42.7 Å². The van der Waals surface area contributed by atoms with Crippen molar-refractivity contribution in [2.24, 2.45) is 10.9 Å². The van der Waals surface area contributed by atoms with Crippen LogP contribution >= 0.6 is 0 Å². The van der Waals surface area contributed by atoms with Crippen LogP contribution in [0, 0.1) is 5.41 Å². The van der Waals surface area contributed by atoms with Crippen molar-refractivity contribution in [2.45, 2.75) is 24.3 Å². The van der Waals surface area contributed by atoms with Gasteiger partial charge in [0.25, 0.3) is 5.91 Å². The first-order valence-corrected chi connectivity index (χ1v) is 10.5. The number of hydrogen-bond donors (Lipinski definition) is 3. The van der Waals surface area contributed by atoms with E-state index in [1.54, 1.807) is 49.4 Å². The number of rotatable bonds is 8. The number of methoxy groups -OCH3 is 1. The monoisotopic (exact) mass is 418 g/mol. The number of nitrogens with zero attached hydrogens (tertiary/aromatic N) is 1. The van der Waals surface area contributed by atoms with E-state index in [-0.39, 0.29) is 22.4 Å². The molecule has 1 unspecified atom stereocenters. The molecule has 0 aliphatic heterocycles. The summed E-state index contributed by atoms with van der Waals surface area (Å²) in [6.07, 6.45) is 0.721. The smallest absolute Gasteiger partial charge is 0.253 e. The predicted molar refractivity (Wildman–Crippen MR) is 112 cm³/mol. The fourth-order valence-corrected chi connectivity index (χ4v) is 3.74. The van der Waals surface area contributed by atoms with Crippen LogP contribution in [0.25, 0.3) is 11.1 Å². The normalized spacial score (nSPS) is 12.4. The number of benzene rings is 2. The Morgan fingerprint density at radius 2 is 1.83 bits per heavy atom. The quantitative estimate of drug-likeness (QED) is 0.443. The molecule has 0 saturated heterocycles. The SMILES string of the molecule is COCCC(C)N(C)C(=O)c1ccc(-c2cccc(S(N)(=O)=O)c2C(=N)N)cc1. The van der Waals surface area contributed by atoms with Gasteiger partial charge in [-0.1, -0.05) is 24.3 Å². The summed E-state index contributed by atoms with van der Waals surface area (Å²) >= 11 is 0. The molecule has 8 nitrogen and oxygen atoms in total. The molecule has 2 rings (SSSR count). The van der Waals surface area contributed by atoms with Crippen LogP contribution in [0.2, 0.25) is 0 Å². The summed E-state index contributed by atoms with van der Waals surface area (Å²) in [7, 11) is -0.696. The Morgan fingerprint density at radius 1 is 1.21 bits per heavy atom. The third kappa shape index (κ3) is 5.20. The zero-order valence-electron chi connectivity index (χ0n) is 16.7. The van der Waals surface area contributed by atoms with Crippen molar-refractivity contribution in [1.82, 2.24) is 4.90 Å². The van der Waals surface area contributed by atoms with Crippen LogP contribution in [-0.4, -0.2) is 51.9 Å². The maximum atomic E-state index is 12.7. The third-order valence-electron chi connectivity index (χ3n) is 4.77. The topological polar surface area (TPSA) is 140 Å². The van der Waals surface area contributed by atoms with Crippen molar-refractivity contribution in [3.8, 4) is 11.1 Å². The largest absolute Gasteiger partial charge is 0.385 e. The number of nitrogen functional groups attached to an aromatic ring is 1. The van der Waals surface area contributed by atoms with E-state index in [1.165, 1.54) is 12.1 Å². The minimum absolute atomic E-state index is 0.0119. The van der Waals surface area contributed by atoms with Crippen LogP contribution in [-0.2, 0) is 14.8 Å². The molecule has 2 aromatic rings. The Bertz CT molecular complexity index is 1000. The van der Waals surface area contributed by atoms with Crippen molar-refractivity contribution in [2.75, 3.05) is 20.8 Å². The summed E-state index contributed by atoms with van der Waals surface area (Å²) in [4.78, 5) is 14.1. The van der Waals surface area contributed by atoms with E-state index >= 15 is 0 Å². The molecule has 29 heavy (non-hydrogen) atoms. The van der Waals surface area contributed by atoms with Crippen molar-refractivity contribution in [1.29, 1.82) is 5.41 Å². The highest BCUT2D eigenvalue weighted by molar-refractivity contribution is 7.89. The lowest BCUT2D eigenvalue weighted by Gasteiger charge is -2.25. The number of ether oxygens (including phenoxy) is 1. The molecule has 0 aliphatic rings. The molecule has 0 aliphatic carbocycles. The molecule has 9 heteroatoms. The maximum absolute atomic E-state index is 12.7. The van der Waals surface area contributed by atoms with Gasteiger partial charge >= 0.3 is 0 Å². The second-order valence-electron chi connectivity index (χ2n) is 6.76. The second kappa shape index (κ2) is 9.17. The van der Waals surface area contributed by atoms with Gasteiger partial charge in [-0.2, -0.15) is 0 Å². The van der Waals surface area contributed by atoms with E-state index in [2.05, 4.69) is 0 Å². The van der Waals surface area contributed by atoms with Gasteiger partial charge in [0.15, 0.2) is 0 Å². The van der Waals surface area contributed by atoms with Crippen LogP contribution in [0.5, 0.6) is 0 Å². The summed E-state index contributed by atoms with van der Waals surface area (Å²) in [6.45, 7) is 2.51. The van der Waals surface area contributed by atoms with E-state index in [9.17, 15) is 13.2 Å². The average molecular weight is 419 g/mol. The Balaban J connectivity index is 2.38. The number of carbonyl (C=O) groups is 1. The van der Waals surface area contributed by atoms with Gasteiger partial charge < -0.3 is 15.4 Å². The number of hydrogen-bond acceptors (Lipinski definition) is 5. The van der Waals surface area contributed by atoms with E-state index in [1.807, 2.05) is 6.92 Å². The van der Waals surface area contributed by atoms with Gasteiger partial charge in [0.05, 0.1) is 4.90 Å². The Labute approximate surface area is 171 Å². The first-order valence-electron chi connectivity index (χ1n) is 8.94. The van der Waals surface area contributed by atoms with Crippen LogP contribution in [0.3, 0.4) is 0 Å². The molecule has 0 aromatic heterocycles. The lowest BCUT2D eigenvalue weighted by molar-refractivity contribution is 0.0709. The summed E-state index contributed by atoms with van der Waals surface area (Å²) in [5.74, 6) is -0.540. The Kier molecular flexibility index (Phi) is 7.12. The number of carbonyl (C=O) groups excluding carboxylic acids is 1. The van der Waals surface area contributed by atoms with Gasteiger partial charge in [0.2, 0.25) is 10.0 Å². The first kappa shape index (κ1) is 22.5. The van der Waals surface area contributed by atoms with Gasteiger partial charge in [-0.15, -0.1) is 0 Å². The number of nitrogens with two attached hydrogens (primary N) is 2. The molecule has 0 spiro atoms. The van der Waals surface area contributed by atoms with Gasteiger partial charge in [0.1, 0.15) is 5.84 Å². The van der Waals surface area contributed by atoms with Crippen molar-refractivity contribution in [3.05, 3.63) is 53.6 Å². The highest BCUT2D eigenvalue weighted by Crippen LogP contribution is 2.28. The molecule has 0 fully saturated rings. The van der Waals surface area contributed by atoms with E-state index in [4.69, 9.17) is 21.0 Å². The van der Waals surface area contributed by atoms with Crippen molar-refractivity contribution < 1.29 is 17.9 Å². The standard InChI is InChI=1S/C20H26N4O4S/c1-13(11-12-28-3)24(2)20(25)15-9-7-14(8-10-15)16-5-4-6-17(29(23,26)27)18(16)19(21)22/h4-10,13H,11-12H2,1-3H3,(H3,21,22)(H2,23,26,27). The lowest BCUT2D eigenvalue weighted by Crippen LogP contribution is -2.35. The van der Waals surface area contributed by atoms with Gasteiger partial charge in [-0.3, -0.25) is 10.2 Å². The maximum Gasteiger partial charge on any atom is 0.253 e. The molecule has 0 radical (unpaired) electrons. The van der Waals surface area contributed by atoms with Gasteiger partial charge in [0, 0.05) is 37.9 Å². The average Bonchev–Trinajstić information content (AvgIpc) is 2.69. The van der Waals surface area contributed by atoms with Crippen LogP contribution in [0.4, 0.5) is 0 Å². The van der Waals surface area contributed by atoms with Crippen LogP contribution in [0.15, 0.2) is 47.4 Å². The minimum Gasteiger partial charge on any atom is -0.385 e. The van der Waals surface area contributed by atoms with Crippen LogP contribution < -0.4 is 10.9 Å². The molecule has 5 N–H and O–H groups in total. The van der Waals surface area contributed by atoms with Gasteiger partial charge in [-0.25, -0.2) is 13.6 Å². The fourth-order valence-electron chi connectivity index (χ4n) is 2.96. The fraction of sp³-hybridized carbons (Fsp3) is 0.300. The summed E-state index contributed by atoms with van der Waals surface area (Å²) in [5, 5.41) is 13.1. The zero-order valence-corrected chi connectivity index (χ0v) is 17.5. The first-order chi connectivity index (χ1) is 13.6. The number of nitrogens with one attached hydrogen (secondary N) is 1. The summed E-state index contributed by atoms with van der Waals surface area (Å²) in [6, 6.07) is 11.2. The van der Waals surface area contributed by atoms with Crippen LogP contribution in [0.1, 0.15) is 29.3 Å². The molecule has 1 amide bonds. The molecule has 0 bridgehead atoms. The number of sulfonamides is 1. The number of amides is 1. The third-order valence-corrected chi connectivity index (χ3v) is 5.72. The predicted octanol–water partition coefficient (Wildman–Crippen LogP) is 1.78. The molecule has 156 valence electrons. The zero-order chi connectivity index (χ0) is 21.8. The lowest BCUT2D eigenvalue weighted by atomic mass is 9.97. The molecular formula is C20H26N4O4S. The Hall–Kier alpha value is -2.75. The minimum atomic E-state index is -4.05. The molecule has 1 atom stereocenters. The number of amidine groups is 1. The molecule has 0 saturated carbocycles. The Morgan fingerprint density at radius 3 is 2.34 bits per heavy atom. The van der Waals surface area contributed by atoms with E-state index in [0.29, 0.717) is 23.3 Å². The van der Waals surface area contributed by atoms with E-state index < -0.39 is 15.9 Å². The van der Waals surface area contributed by atoms with Crippen molar-refractivity contribution >= 4 is 21.8 Å². The van der Waals surface area contributed by atoms with Crippen molar-refractivity contribution in [3.63, 3.8) is 0 Å². The highest BCUT2D eigenvalue weighted by Gasteiger charge is 2.21. The summed E-state index contributed by atoms with van der Waals surface area (Å²) < 4.78 is 28.8. The highest BCUT2D eigenvalue weighted by atomic mass is 32.2. The summed E-state index contributed by atoms with van der Waals surface area (Å²) in [5.41, 5.74) is 7.23. The molecular weight excluding hydrogens is 392 g/mol. The molecule has 0 heterocycles. The number of primary sulfonamides is 1.